The van der Waals surface area contributed by atoms with Crippen molar-refractivity contribution >= 4 is 35.1 Å². The Balaban J connectivity index is 2.20. The Kier molecular flexibility index (Phi) is 7.66. The van der Waals surface area contributed by atoms with Gasteiger partial charge in [-0.2, -0.15) is 0 Å². The van der Waals surface area contributed by atoms with E-state index in [1.54, 1.807) is 0 Å². The second-order valence-electron chi connectivity index (χ2n) is 8.48. The SMILES string of the molecule is CCCCSc1c(O)c2c(c(O)c1SCCCC)C(=O)C1=C(C[C@](C)(O)[C@H](O)[C@H]1O)C2=O. The van der Waals surface area contributed by atoms with Crippen LogP contribution in [0.4, 0.5) is 0 Å². The van der Waals surface area contributed by atoms with Crippen LogP contribution in [0.15, 0.2) is 20.9 Å². The van der Waals surface area contributed by atoms with Crippen molar-refractivity contribution in [3.8, 4) is 11.5 Å². The maximum atomic E-state index is 13.4. The minimum absolute atomic E-state index is 0.143. The average molecular weight is 483 g/mol. The average Bonchev–Trinajstić information content (AvgIpc) is 2.74. The molecule has 0 fully saturated rings. The van der Waals surface area contributed by atoms with E-state index in [-0.39, 0.29) is 40.2 Å². The fourth-order valence-corrected chi connectivity index (χ4v) is 6.58. The molecule has 2 aliphatic rings. The van der Waals surface area contributed by atoms with Gasteiger partial charge in [0.05, 0.1) is 26.5 Å². The predicted molar refractivity (Wildman–Crippen MR) is 124 cm³/mol. The zero-order valence-electron chi connectivity index (χ0n) is 18.5. The van der Waals surface area contributed by atoms with E-state index in [4.69, 9.17) is 0 Å². The first-order chi connectivity index (χ1) is 15.1. The number of carbonyl (C=O) groups is 2. The lowest BCUT2D eigenvalue weighted by Crippen LogP contribution is -2.54. The molecule has 0 aliphatic heterocycles. The van der Waals surface area contributed by atoms with Gasteiger partial charge in [0.15, 0.2) is 11.6 Å². The summed E-state index contributed by atoms with van der Waals surface area (Å²) in [5, 5.41) is 53.5. The van der Waals surface area contributed by atoms with Gasteiger partial charge in [0.2, 0.25) is 0 Å². The Labute approximate surface area is 195 Å². The van der Waals surface area contributed by atoms with E-state index in [2.05, 4.69) is 0 Å². The molecule has 3 atom stereocenters. The number of fused-ring (bicyclic) bond motifs is 1. The Morgan fingerprint density at radius 2 is 1.38 bits per heavy atom. The summed E-state index contributed by atoms with van der Waals surface area (Å²) < 4.78 is 0. The molecule has 32 heavy (non-hydrogen) atoms. The number of aromatic hydroxyl groups is 2. The molecule has 176 valence electrons. The van der Waals surface area contributed by atoms with Crippen LogP contribution in [-0.4, -0.2) is 66.4 Å². The molecule has 2 aliphatic carbocycles. The highest BCUT2D eigenvalue weighted by atomic mass is 32.2. The van der Waals surface area contributed by atoms with E-state index in [0.29, 0.717) is 21.3 Å². The van der Waals surface area contributed by atoms with Crippen molar-refractivity contribution in [2.24, 2.45) is 0 Å². The van der Waals surface area contributed by atoms with Gasteiger partial charge in [0, 0.05) is 17.6 Å². The van der Waals surface area contributed by atoms with E-state index >= 15 is 0 Å². The fourth-order valence-electron chi connectivity index (χ4n) is 4.02. The highest BCUT2D eigenvalue weighted by molar-refractivity contribution is 8.02. The molecule has 5 N–H and O–H groups in total. The summed E-state index contributed by atoms with van der Waals surface area (Å²) in [4.78, 5) is 27.4. The van der Waals surface area contributed by atoms with Crippen molar-refractivity contribution in [3.63, 3.8) is 0 Å². The minimum atomic E-state index is -1.82. The van der Waals surface area contributed by atoms with Crippen molar-refractivity contribution in [1.29, 1.82) is 0 Å². The van der Waals surface area contributed by atoms with Gasteiger partial charge in [-0.3, -0.25) is 9.59 Å². The van der Waals surface area contributed by atoms with Gasteiger partial charge in [-0.15, -0.1) is 23.5 Å². The Hall–Kier alpha value is -1.52. The summed E-state index contributed by atoms with van der Waals surface area (Å²) >= 11 is 2.64. The Morgan fingerprint density at radius 1 is 0.906 bits per heavy atom. The maximum Gasteiger partial charge on any atom is 0.196 e. The Morgan fingerprint density at radius 3 is 1.84 bits per heavy atom. The summed E-state index contributed by atoms with van der Waals surface area (Å²) in [6.07, 6.45) is -0.200. The third-order valence-electron chi connectivity index (χ3n) is 5.91. The van der Waals surface area contributed by atoms with Crippen LogP contribution in [0, 0.1) is 0 Å². The molecule has 0 amide bonds. The van der Waals surface area contributed by atoms with Gasteiger partial charge in [0.1, 0.15) is 23.7 Å². The number of phenols is 2. The first-order valence-electron chi connectivity index (χ1n) is 10.9. The summed E-state index contributed by atoms with van der Waals surface area (Å²) in [6, 6.07) is 0. The molecule has 1 aromatic rings. The fraction of sp³-hybridized carbons (Fsp3) is 0.565. The standard InChI is InChI=1S/C23H30O7S2/c1-4-6-8-31-20-17(26)13-14(18(27)21(20)32-9-7-5-2)16(25)12-11(15(13)24)10-23(3,30)22(29)19(12)28/h19,22,26-30H,4-10H2,1-3H3/t19-,22+,23-/m0/s1. The van der Waals surface area contributed by atoms with Crippen molar-refractivity contribution in [2.75, 3.05) is 11.5 Å². The second-order valence-corrected chi connectivity index (χ2v) is 10.7. The number of carbonyl (C=O) groups excluding carboxylic acids is 2. The minimum Gasteiger partial charge on any atom is -0.506 e. The van der Waals surface area contributed by atoms with Crippen molar-refractivity contribution in [3.05, 3.63) is 22.3 Å². The monoisotopic (exact) mass is 482 g/mol. The van der Waals surface area contributed by atoms with Crippen LogP contribution in [0.25, 0.3) is 0 Å². The van der Waals surface area contributed by atoms with Crippen LogP contribution >= 0.6 is 23.5 Å². The van der Waals surface area contributed by atoms with Gasteiger partial charge < -0.3 is 25.5 Å². The largest absolute Gasteiger partial charge is 0.506 e. The molecule has 0 radical (unpaired) electrons. The number of hydrogen-bond acceptors (Lipinski definition) is 9. The van der Waals surface area contributed by atoms with Crippen molar-refractivity contribution in [2.45, 2.75) is 80.5 Å². The molecule has 1 aromatic carbocycles. The number of unbranched alkanes of at least 4 members (excludes halogenated alkanes) is 2. The van der Waals surface area contributed by atoms with Crippen LogP contribution in [0.2, 0.25) is 0 Å². The molecule has 7 nitrogen and oxygen atoms in total. The number of benzene rings is 1. The van der Waals surface area contributed by atoms with Crippen molar-refractivity contribution in [1.82, 2.24) is 0 Å². The van der Waals surface area contributed by atoms with Crippen LogP contribution in [0.5, 0.6) is 11.5 Å². The number of phenolic OH excluding ortho intramolecular Hbond substituents is 2. The van der Waals surface area contributed by atoms with Gasteiger partial charge in [-0.05, 0) is 31.3 Å². The van der Waals surface area contributed by atoms with E-state index in [1.807, 2.05) is 13.8 Å². The summed E-state index contributed by atoms with van der Waals surface area (Å²) in [5.74, 6) is -0.962. The molecule has 0 bridgehead atoms. The lowest BCUT2D eigenvalue weighted by molar-refractivity contribution is -0.111. The summed E-state index contributed by atoms with van der Waals surface area (Å²) in [6.45, 7) is 5.34. The molecule has 0 saturated heterocycles. The van der Waals surface area contributed by atoms with E-state index < -0.39 is 29.4 Å². The molecule has 0 aromatic heterocycles. The molecule has 0 heterocycles. The molecule has 0 spiro atoms. The number of Topliss-reactive ketones (excluding diaryl/α,β-unsaturated/α-hetero) is 2. The van der Waals surface area contributed by atoms with Gasteiger partial charge in [0.25, 0.3) is 0 Å². The zero-order valence-corrected chi connectivity index (χ0v) is 20.1. The molecule has 0 unspecified atom stereocenters. The summed E-state index contributed by atoms with van der Waals surface area (Å²) in [7, 11) is 0. The lowest BCUT2D eigenvalue weighted by Gasteiger charge is -2.40. The lowest BCUT2D eigenvalue weighted by atomic mass is 9.70. The number of aliphatic hydroxyl groups is 3. The van der Waals surface area contributed by atoms with Crippen LogP contribution in [0.3, 0.4) is 0 Å². The number of rotatable bonds is 8. The highest BCUT2D eigenvalue weighted by Crippen LogP contribution is 2.52. The summed E-state index contributed by atoms with van der Waals surface area (Å²) in [5.41, 5.74) is -2.94. The van der Waals surface area contributed by atoms with E-state index in [1.165, 1.54) is 30.4 Å². The third-order valence-corrected chi connectivity index (χ3v) is 8.40. The van der Waals surface area contributed by atoms with Gasteiger partial charge in [-0.25, -0.2) is 0 Å². The number of hydrogen-bond donors (Lipinski definition) is 5. The zero-order chi connectivity index (χ0) is 23.8. The number of ketones is 2. The molecular formula is C23H30O7S2. The first kappa shape index (κ1) is 25.1. The van der Waals surface area contributed by atoms with E-state index in [0.717, 1.165) is 25.7 Å². The highest BCUT2D eigenvalue weighted by Gasteiger charge is 2.51. The molecule has 0 saturated carbocycles. The van der Waals surface area contributed by atoms with Gasteiger partial charge in [-0.1, -0.05) is 26.7 Å². The van der Waals surface area contributed by atoms with Crippen LogP contribution in [-0.2, 0) is 0 Å². The van der Waals surface area contributed by atoms with Gasteiger partial charge >= 0.3 is 0 Å². The molecule has 9 heteroatoms. The smallest absolute Gasteiger partial charge is 0.196 e. The topological polar surface area (TPSA) is 135 Å². The van der Waals surface area contributed by atoms with Crippen LogP contribution in [0.1, 0.15) is 73.6 Å². The first-order valence-corrected chi connectivity index (χ1v) is 12.8. The van der Waals surface area contributed by atoms with E-state index in [9.17, 15) is 35.1 Å². The number of thioether (sulfide) groups is 2. The molecule has 3 rings (SSSR count). The Bertz CT molecular complexity index is 968. The predicted octanol–water partition coefficient (Wildman–Crippen LogP) is 3.43. The van der Waals surface area contributed by atoms with Crippen LogP contribution < -0.4 is 0 Å². The quantitative estimate of drug-likeness (QED) is 0.214. The maximum absolute atomic E-state index is 13.4. The third kappa shape index (κ3) is 4.21. The normalized spacial score (nSPS) is 25.2. The number of aliphatic hydroxyl groups excluding tert-OH is 2. The molecular weight excluding hydrogens is 452 g/mol. The second kappa shape index (κ2) is 9.77. The van der Waals surface area contributed by atoms with Crippen molar-refractivity contribution < 1.29 is 35.1 Å².